The maximum atomic E-state index is 12.9. The summed E-state index contributed by atoms with van der Waals surface area (Å²) in [5.74, 6) is 0. The Balaban J connectivity index is 2.02. The fourth-order valence-electron chi connectivity index (χ4n) is 2.52. The van der Waals surface area contributed by atoms with Gasteiger partial charge in [-0.05, 0) is 31.4 Å². The van der Waals surface area contributed by atoms with Crippen LogP contribution >= 0.6 is 0 Å². The zero-order valence-corrected chi connectivity index (χ0v) is 11.4. The molecule has 1 aliphatic rings. The summed E-state index contributed by atoms with van der Waals surface area (Å²) in [6.07, 6.45) is -0.0900. The number of ether oxygens (including phenoxy) is 1. The zero-order valence-electron chi connectivity index (χ0n) is 11.4. The van der Waals surface area contributed by atoms with Gasteiger partial charge >= 0.3 is 6.18 Å². The highest BCUT2D eigenvalue weighted by Gasteiger charge is 2.34. The van der Waals surface area contributed by atoms with E-state index in [4.69, 9.17) is 4.74 Å². The summed E-state index contributed by atoms with van der Waals surface area (Å²) in [5, 5.41) is 3.15. The molecule has 1 N–H and O–H groups in total. The summed E-state index contributed by atoms with van der Waals surface area (Å²) in [5.41, 5.74) is -0.633. The van der Waals surface area contributed by atoms with Crippen molar-refractivity contribution < 1.29 is 17.9 Å². The topological polar surface area (TPSA) is 34.2 Å². The van der Waals surface area contributed by atoms with Gasteiger partial charge in [0.1, 0.15) is 0 Å². The second-order valence-electron chi connectivity index (χ2n) is 4.94. The van der Waals surface area contributed by atoms with E-state index in [2.05, 4.69) is 10.3 Å². The van der Waals surface area contributed by atoms with Crippen molar-refractivity contribution in [1.82, 2.24) is 10.3 Å². The lowest BCUT2D eigenvalue weighted by Crippen LogP contribution is -2.39. The Hall–Kier alpha value is -1.14. The second kappa shape index (κ2) is 6.54. The third kappa shape index (κ3) is 3.70. The molecule has 20 heavy (non-hydrogen) atoms. The summed E-state index contributed by atoms with van der Waals surface area (Å²) < 4.78 is 44.2. The molecular formula is C14H19F3N2O. The number of halogens is 3. The van der Waals surface area contributed by atoms with Crippen molar-refractivity contribution in [3.8, 4) is 0 Å². The fraction of sp³-hybridized carbons (Fsp3) is 0.643. The zero-order chi connectivity index (χ0) is 14.6. The molecule has 2 heterocycles. The molecular weight excluding hydrogens is 269 g/mol. The highest BCUT2D eigenvalue weighted by Crippen LogP contribution is 2.31. The van der Waals surface area contributed by atoms with Crippen molar-refractivity contribution in [2.24, 2.45) is 0 Å². The highest BCUT2D eigenvalue weighted by atomic mass is 19.4. The van der Waals surface area contributed by atoms with E-state index in [0.29, 0.717) is 0 Å². The van der Waals surface area contributed by atoms with Gasteiger partial charge in [0, 0.05) is 25.4 Å². The first-order valence-electron chi connectivity index (χ1n) is 6.88. The Morgan fingerprint density at radius 1 is 1.50 bits per heavy atom. The molecule has 1 aliphatic heterocycles. The predicted octanol–water partition coefficient (Wildman–Crippen LogP) is 3.15. The minimum atomic E-state index is -4.36. The van der Waals surface area contributed by atoms with E-state index >= 15 is 0 Å². The third-order valence-electron chi connectivity index (χ3n) is 3.58. The number of pyridine rings is 1. The van der Waals surface area contributed by atoms with Gasteiger partial charge < -0.3 is 10.1 Å². The summed E-state index contributed by atoms with van der Waals surface area (Å²) in [4.78, 5) is 3.85. The molecule has 0 bridgehead atoms. The van der Waals surface area contributed by atoms with Crippen LogP contribution in [-0.2, 0) is 17.5 Å². The largest absolute Gasteiger partial charge is 0.418 e. The average molecular weight is 288 g/mol. The maximum absolute atomic E-state index is 12.9. The van der Waals surface area contributed by atoms with Crippen LogP contribution in [0.4, 0.5) is 13.2 Å². The Bertz CT molecular complexity index is 431. The van der Waals surface area contributed by atoms with Crippen molar-refractivity contribution in [3.63, 3.8) is 0 Å². The lowest BCUT2D eigenvalue weighted by molar-refractivity contribution is -0.138. The van der Waals surface area contributed by atoms with Crippen LogP contribution in [0.2, 0.25) is 0 Å². The van der Waals surface area contributed by atoms with Crippen molar-refractivity contribution in [3.05, 3.63) is 29.6 Å². The van der Waals surface area contributed by atoms with Gasteiger partial charge in [-0.1, -0.05) is 6.92 Å². The van der Waals surface area contributed by atoms with E-state index in [-0.39, 0.29) is 24.4 Å². The molecule has 3 nitrogen and oxygen atoms in total. The van der Waals surface area contributed by atoms with Crippen LogP contribution in [0.5, 0.6) is 0 Å². The molecule has 0 saturated carbocycles. The maximum Gasteiger partial charge on any atom is 0.418 e. The Labute approximate surface area is 116 Å². The normalized spacial score (nSPS) is 21.1. The van der Waals surface area contributed by atoms with E-state index in [1.807, 2.05) is 6.92 Å². The molecule has 2 atom stereocenters. The van der Waals surface area contributed by atoms with E-state index in [1.165, 1.54) is 12.3 Å². The number of nitrogens with one attached hydrogen (secondary N) is 1. The highest BCUT2D eigenvalue weighted by molar-refractivity contribution is 5.22. The van der Waals surface area contributed by atoms with Gasteiger partial charge in [-0.15, -0.1) is 0 Å². The van der Waals surface area contributed by atoms with Crippen molar-refractivity contribution in [2.45, 2.75) is 51.1 Å². The van der Waals surface area contributed by atoms with Gasteiger partial charge in [0.15, 0.2) is 0 Å². The van der Waals surface area contributed by atoms with Gasteiger partial charge in [0.25, 0.3) is 0 Å². The summed E-state index contributed by atoms with van der Waals surface area (Å²) >= 11 is 0. The van der Waals surface area contributed by atoms with Crippen LogP contribution in [0.15, 0.2) is 18.3 Å². The average Bonchev–Trinajstić information content (AvgIpc) is 2.93. The third-order valence-corrected chi connectivity index (χ3v) is 3.58. The molecule has 0 unspecified atom stereocenters. The van der Waals surface area contributed by atoms with Gasteiger partial charge in [-0.3, -0.25) is 4.98 Å². The van der Waals surface area contributed by atoms with Crippen molar-refractivity contribution in [1.29, 1.82) is 0 Å². The first-order chi connectivity index (χ1) is 9.52. The molecule has 1 aromatic rings. The van der Waals surface area contributed by atoms with Crippen LogP contribution in [0, 0.1) is 0 Å². The Kier molecular flexibility index (Phi) is 4.99. The smallest absolute Gasteiger partial charge is 0.377 e. The van der Waals surface area contributed by atoms with Gasteiger partial charge in [0.2, 0.25) is 0 Å². The lowest BCUT2D eigenvalue weighted by Gasteiger charge is -2.23. The van der Waals surface area contributed by atoms with Crippen molar-refractivity contribution in [2.75, 3.05) is 6.61 Å². The molecule has 1 fully saturated rings. The first kappa shape index (κ1) is 15.3. The molecule has 112 valence electrons. The van der Waals surface area contributed by atoms with Crippen LogP contribution < -0.4 is 5.32 Å². The Morgan fingerprint density at radius 2 is 2.30 bits per heavy atom. The van der Waals surface area contributed by atoms with Gasteiger partial charge in [0.05, 0.1) is 17.4 Å². The first-order valence-corrected chi connectivity index (χ1v) is 6.88. The number of nitrogens with zero attached hydrogens (tertiary/aromatic N) is 1. The standard InChI is InChI=1S/C14H19F3N2O/c1-2-11(13-6-4-8-20-13)19-9-12-10(14(15,16)17)5-3-7-18-12/h3,5,7,11,13,19H,2,4,6,8-9H2,1H3/t11-,13-/m1/s1. The monoisotopic (exact) mass is 288 g/mol. The summed E-state index contributed by atoms with van der Waals surface area (Å²) in [6, 6.07) is 2.45. The molecule has 0 amide bonds. The minimum Gasteiger partial charge on any atom is -0.377 e. The SMILES string of the molecule is CC[C@@H](NCc1ncccc1C(F)(F)F)[C@H]1CCCO1. The molecule has 1 saturated heterocycles. The Morgan fingerprint density at radius 3 is 2.90 bits per heavy atom. The van der Waals surface area contributed by atoms with E-state index in [0.717, 1.165) is 31.9 Å². The number of aromatic nitrogens is 1. The molecule has 0 spiro atoms. The van der Waals surface area contributed by atoms with E-state index in [1.54, 1.807) is 0 Å². The molecule has 2 rings (SSSR count). The second-order valence-corrected chi connectivity index (χ2v) is 4.94. The van der Waals surface area contributed by atoms with E-state index in [9.17, 15) is 13.2 Å². The van der Waals surface area contributed by atoms with Crippen molar-refractivity contribution >= 4 is 0 Å². The minimum absolute atomic E-state index is 0.0384. The van der Waals surface area contributed by atoms with E-state index < -0.39 is 11.7 Å². The molecule has 0 aliphatic carbocycles. The van der Waals surface area contributed by atoms with Gasteiger partial charge in [-0.2, -0.15) is 13.2 Å². The number of rotatable bonds is 5. The van der Waals surface area contributed by atoms with Crippen LogP contribution in [0.1, 0.15) is 37.4 Å². The summed E-state index contributed by atoms with van der Waals surface area (Å²) in [7, 11) is 0. The van der Waals surface area contributed by atoms with Gasteiger partial charge in [-0.25, -0.2) is 0 Å². The molecule has 0 radical (unpaired) electrons. The quantitative estimate of drug-likeness (QED) is 0.903. The van der Waals surface area contributed by atoms with Crippen LogP contribution in [0.3, 0.4) is 0 Å². The predicted molar refractivity (Wildman–Crippen MR) is 69.1 cm³/mol. The molecule has 6 heteroatoms. The molecule has 0 aromatic carbocycles. The summed E-state index contributed by atoms with van der Waals surface area (Å²) in [6.45, 7) is 2.84. The van der Waals surface area contributed by atoms with Crippen LogP contribution in [0.25, 0.3) is 0 Å². The fourth-order valence-corrected chi connectivity index (χ4v) is 2.52. The number of alkyl halides is 3. The lowest BCUT2D eigenvalue weighted by atomic mass is 10.1. The molecule has 1 aromatic heterocycles. The van der Waals surface area contributed by atoms with Crippen LogP contribution in [-0.4, -0.2) is 23.7 Å². The number of hydrogen-bond acceptors (Lipinski definition) is 3. The number of hydrogen-bond donors (Lipinski definition) is 1.